The molecule has 0 spiro atoms. The van der Waals surface area contributed by atoms with Gasteiger partial charge in [0.05, 0.1) is 12.3 Å². The van der Waals surface area contributed by atoms with E-state index in [9.17, 15) is 23.2 Å². The quantitative estimate of drug-likeness (QED) is 0.493. The summed E-state index contributed by atoms with van der Waals surface area (Å²) < 4.78 is 35.8. The van der Waals surface area contributed by atoms with E-state index in [-0.39, 0.29) is 48.2 Å². The third-order valence-corrected chi connectivity index (χ3v) is 4.88. The predicted octanol–water partition coefficient (Wildman–Crippen LogP) is 2.45. The molecule has 11 heteroatoms. The summed E-state index contributed by atoms with van der Waals surface area (Å²) in [7, 11) is 0. The van der Waals surface area contributed by atoms with Crippen molar-refractivity contribution in [3.63, 3.8) is 0 Å². The van der Waals surface area contributed by atoms with Crippen molar-refractivity contribution in [1.82, 2.24) is 4.90 Å². The van der Waals surface area contributed by atoms with E-state index < -0.39 is 30.4 Å². The number of nitrogens with two attached hydrogens (primary N) is 1. The third-order valence-electron chi connectivity index (χ3n) is 4.88. The summed E-state index contributed by atoms with van der Waals surface area (Å²) in [6.45, 7) is 7.86. The van der Waals surface area contributed by atoms with Crippen LogP contribution in [0, 0.1) is 11.3 Å². The van der Waals surface area contributed by atoms with Crippen LogP contribution in [0.25, 0.3) is 0 Å². The Kier molecular flexibility index (Phi) is 9.34. The first-order chi connectivity index (χ1) is 15.8. The number of nitrogens with one attached hydrogen (secondary N) is 1. The topological polar surface area (TPSA) is 114 Å². The molecule has 1 saturated heterocycles. The van der Waals surface area contributed by atoms with Gasteiger partial charge in [0, 0.05) is 31.4 Å². The van der Waals surface area contributed by atoms with E-state index in [1.807, 2.05) is 34.6 Å². The van der Waals surface area contributed by atoms with Crippen molar-refractivity contribution in [2.45, 2.75) is 47.3 Å². The maximum atomic E-state index is 13.1. The molecule has 0 radical (unpaired) electrons. The van der Waals surface area contributed by atoms with Gasteiger partial charge in [0.2, 0.25) is 5.91 Å². The lowest BCUT2D eigenvalue weighted by molar-refractivity contribution is -0.133. The van der Waals surface area contributed by atoms with Crippen LogP contribution in [0.2, 0.25) is 0 Å². The molecule has 0 unspecified atom stereocenters. The summed E-state index contributed by atoms with van der Waals surface area (Å²) >= 11 is 0. The normalized spacial score (nSPS) is 15.7. The molecule has 190 valence electrons. The fourth-order valence-electron chi connectivity index (χ4n) is 3.80. The second-order valence-corrected chi connectivity index (χ2v) is 9.84. The maximum Gasteiger partial charge on any atom is 0.387 e. The van der Waals surface area contributed by atoms with Gasteiger partial charge in [0.15, 0.2) is 11.8 Å². The number of benzene rings is 1. The molecule has 1 atom stereocenters. The minimum absolute atomic E-state index is 0.122. The number of primary amides is 1. The Morgan fingerprint density at radius 1 is 1.29 bits per heavy atom. The molecule has 0 aliphatic carbocycles. The number of alkyl halides is 2. The minimum atomic E-state index is -3.15. The second kappa shape index (κ2) is 11.6. The zero-order valence-corrected chi connectivity index (χ0v) is 20.3. The van der Waals surface area contributed by atoms with E-state index >= 15 is 0 Å². The molecule has 0 saturated carbocycles. The van der Waals surface area contributed by atoms with Crippen LogP contribution in [0.3, 0.4) is 0 Å². The largest absolute Gasteiger partial charge is 0.433 e. The van der Waals surface area contributed by atoms with Crippen molar-refractivity contribution in [3.05, 3.63) is 18.2 Å². The Morgan fingerprint density at radius 2 is 1.97 bits per heavy atom. The highest BCUT2D eigenvalue weighted by Crippen LogP contribution is 2.34. The van der Waals surface area contributed by atoms with Gasteiger partial charge in [-0.15, -0.1) is 0 Å². The van der Waals surface area contributed by atoms with E-state index in [4.69, 9.17) is 10.5 Å². The lowest BCUT2D eigenvalue weighted by Crippen LogP contribution is -2.55. The number of morpholine rings is 1. The van der Waals surface area contributed by atoms with Crippen LogP contribution in [-0.2, 0) is 19.1 Å². The van der Waals surface area contributed by atoms with E-state index in [2.05, 4.69) is 10.1 Å². The second-order valence-electron chi connectivity index (χ2n) is 9.84. The highest BCUT2D eigenvalue weighted by atomic mass is 19.3. The van der Waals surface area contributed by atoms with Gasteiger partial charge >= 0.3 is 6.61 Å². The summed E-state index contributed by atoms with van der Waals surface area (Å²) in [5, 5.41) is 2.58. The van der Waals surface area contributed by atoms with Gasteiger partial charge in [-0.2, -0.15) is 8.78 Å². The lowest BCUT2D eigenvalue weighted by atomic mass is 9.94. The zero-order chi connectivity index (χ0) is 25.6. The van der Waals surface area contributed by atoms with Crippen LogP contribution in [0.15, 0.2) is 18.2 Å². The van der Waals surface area contributed by atoms with Crippen LogP contribution < -0.4 is 20.7 Å². The van der Waals surface area contributed by atoms with Gasteiger partial charge in [0.1, 0.15) is 6.61 Å². The van der Waals surface area contributed by atoms with E-state index in [0.29, 0.717) is 13.1 Å². The zero-order valence-electron chi connectivity index (χ0n) is 20.3. The minimum Gasteiger partial charge on any atom is -0.433 e. The molecule has 34 heavy (non-hydrogen) atoms. The van der Waals surface area contributed by atoms with Gasteiger partial charge in [-0.1, -0.05) is 34.6 Å². The fraction of sp³-hybridized carbons (Fsp3) is 0.609. The number of hydrogen-bond acceptors (Lipinski definition) is 6. The summed E-state index contributed by atoms with van der Waals surface area (Å²) in [5.74, 6) is -2.03. The van der Waals surface area contributed by atoms with Gasteiger partial charge in [-0.05, 0) is 23.5 Å². The first-order valence-corrected chi connectivity index (χ1v) is 11.1. The molecule has 1 aliphatic heterocycles. The molecule has 0 aromatic heterocycles. The number of carbonyl (C=O) groups is 3. The molecular weight excluding hydrogens is 450 g/mol. The Labute approximate surface area is 198 Å². The number of rotatable bonds is 10. The molecular formula is C23H34F2N4O5. The number of anilines is 2. The Balaban J connectivity index is 2.33. The molecule has 3 N–H and O–H groups in total. The number of nitrogens with zero attached hydrogens (tertiary/aromatic N) is 2. The average molecular weight is 485 g/mol. The molecule has 1 aromatic carbocycles. The maximum absolute atomic E-state index is 13.1. The Bertz CT molecular complexity index is 889. The van der Waals surface area contributed by atoms with Crippen molar-refractivity contribution in [3.8, 4) is 5.75 Å². The Morgan fingerprint density at radius 3 is 2.50 bits per heavy atom. The van der Waals surface area contributed by atoms with Crippen LogP contribution in [0.4, 0.5) is 20.2 Å². The lowest BCUT2D eigenvalue weighted by Gasteiger charge is -2.35. The summed E-state index contributed by atoms with van der Waals surface area (Å²) in [4.78, 5) is 40.6. The summed E-state index contributed by atoms with van der Waals surface area (Å²) in [6, 6.07) is 2.78. The smallest absolute Gasteiger partial charge is 0.387 e. The molecule has 3 amide bonds. The molecule has 1 aliphatic rings. The van der Waals surface area contributed by atoms with Crippen LogP contribution in [0.1, 0.15) is 34.6 Å². The average Bonchev–Trinajstić information content (AvgIpc) is 2.66. The van der Waals surface area contributed by atoms with Crippen molar-refractivity contribution < 1.29 is 32.6 Å². The molecule has 1 fully saturated rings. The van der Waals surface area contributed by atoms with Crippen molar-refractivity contribution >= 4 is 29.1 Å². The van der Waals surface area contributed by atoms with Crippen molar-refractivity contribution in [2.24, 2.45) is 17.1 Å². The van der Waals surface area contributed by atoms with Crippen LogP contribution in [-0.4, -0.2) is 68.1 Å². The monoisotopic (exact) mass is 484 g/mol. The molecule has 0 bridgehead atoms. The highest BCUT2D eigenvalue weighted by Gasteiger charge is 2.34. The van der Waals surface area contributed by atoms with E-state index in [1.165, 1.54) is 23.1 Å². The summed E-state index contributed by atoms with van der Waals surface area (Å²) in [6.07, 6.45) is 0. The van der Waals surface area contributed by atoms with Crippen molar-refractivity contribution in [1.29, 1.82) is 0 Å². The first kappa shape index (κ1) is 27.5. The fourth-order valence-corrected chi connectivity index (χ4v) is 3.80. The van der Waals surface area contributed by atoms with Gasteiger partial charge in [0.25, 0.3) is 11.8 Å². The van der Waals surface area contributed by atoms with Crippen LogP contribution in [0.5, 0.6) is 5.75 Å². The van der Waals surface area contributed by atoms with Crippen LogP contribution >= 0.6 is 0 Å². The van der Waals surface area contributed by atoms with Gasteiger partial charge < -0.3 is 25.4 Å². The van der Waals surface area contributed by atoms with E-state index in [1.54, 1.807) is 4.90 Å². The SMILES string of the molecule is CC(C)CN(CC(C)(C)C)[C@@H](C(N)=O)C(=O)Nc1ccc(N2CCOCC2=O)c(OC(F)F)c1. The standard InChI is InChI=1S/C23H34F2N4O5/c1-14(2)11-28(13-23(3,4)5)19(20(26)31)21(32)27-15-6-7-16(17(10-15)34-22(24)25)29-8-9-33-12-18(29)30/h6-7,10,14,19,22H,8-9,11-13H2,1-5H3,(H2,26,31)(H,27,32)/t19-/m0/s1. The van der Waals surface area contributed by atoms with E-state index in [0.717, 1.165) is 0 Å². The van der Waals surface area contributed by atoms with Gasteiger partial charge in [-0.25, -0.2) is 0 Å². The molecule has 1 heterocycles. The number of carbonyl (C=O) groups excluding carboxylic acids is 3. The first-order valence-electron chi connectivity index (χ1n) is 11.1. The third kappa shape index (κ3) is 7.91. The predicted molar refractivity (Wildman–Crippen MR) is 124 cm³/mol. The number of amides is 3. The summed E-state index contributed by atoms with van der Waals surface area (Å²) in [5.41, 5.74) is 5.64. The number of ether oxygens (including phenoxy) is 2. The number of hydrogen-bond donors (Lipinski definition) is 2. The number of halogens is 2. The molecule has 2 rings (SSSR count). The van der Waals surface area contributed by atoms with Gasteiger partial charge in [-0.3, -0.25) is 19.3 Å². The Hall–Kier alpha value is -2.79. The highest BCUT2D eigenvalue weighted by molar-refractivity contribution is 6.09. The van der Waals surface area contributed by atoms with Crippen molar-refractivity contribution in [2.75, 3.05) is 43.1 Å². The molecule has 9 nitrogen and oxygen atoms in total. The molecule has 1 aromatic rings.